The molecule has 0 aliphatic heterocycles. The Morgan fingerprint density at radius 2 is 2.00 bits per heavy atom. The molecule has 0 fully saturated rings. The third kappa shape index (κ3) is 5.37. The summed E-state index contributed by atoms with van der Waals surface area (Å²) in [6.45, 7) is 7.85. The van der Waals surface area contributed by atoms with Gasteiger partial charge in [-0.1, -0.05) is 45.2 Å². The van der Waals surface area contributed by atoms with Crippen LogP contribution in [0.2, 0.25) is 5.15 Å². The molecule has 1 aromatic heterocycles. The summed E-state index contributed by atoms with van der Waals surface area (Å²) in [6, 6.07) is 3.34. The van der Waals surface area contributed by atoms with Crippen LogP contribution < -0.4 is 10.6 Å². The molecule has 1 amide bonds. The Bertz CT molecular complexity index is 433. The monoisotopic (exact) mass is 297 g/mol. The van der Waals surface area contributed by atoms with Crippen LogP contribution in [0, 0.1) is 5.92 Å². The fourth-order valence-corrected chi connectivity index (χ4v) is 2.10. The molecule has 0 aliphatic rings. The first-order chi connectivity index (χ1) is 9.60. The van der Waals surface area contributed by atoms with Crippen molar-refractivity contribution in [2.75, 3.05) is 18.4 Å². The van der Waals surface area contributed by atoms with E-state index in [4.69, 9.17) is 11.6 Å². The highest BCUT2D eigenvalue weighted by Gasteiger charge is 2.11. The van der Waals surface area contributed by atoms with Gasteiger partial charge in [-0.05, 0) is 24.5 Å². The molecular weight excluding hydrogens is 274 g/mol. The van der Waals surface area contributed by atoms with Crippen LogP contribution in [0.4, 0.5) is 5.82 Å². The zero-order valence-electron chi connectivity index (χ0n) is 12.5. The number of rotatable bonds is 8. The number of aromatic nitrogens is 1. The van der Waals surface area contributed by atoms with Gasteiger partial charge in [-0.25, -0.2) is 4.98 Å². The van der Waals surface area contributed by atoms with Gasteiger partial charge in [-0.2, -0.15) is 0 Å². The maximum Gasteiger partial charge on any atom is 0.251 e. The lowest BCUT2D eigenvalue weighted by molar-refractivity contribution is 0.0946. The Hall–Kier alpha value is -1.29. The van der Waals surface area contributed by atoms with E-state index in [9.17, 15) is 4.79 Å². The van der Waals surface area contributed by atoms with E-state index in [1.54, 1.807) is 12.1 Å². The summed E-state index contributed by atoms with van der Waals surface area (Å²) in [5.74, 6) is 1.07. The lowest BCUT2D eigenvalue weighted by Gasteiger charge is -2.14. The number of carbonyl (C=O) groups excluding carboxylic acids is 1. The highest BCUT2D eigenvalue weighted by atomic mass is 35.5. The Kier molecular flexibility index (Phi) is 7.37. The van der Waals surface area contributed by atoms with Gasteiger partial charge in [0, 0.05) is 18.7 Å². The van der Waals surface area contributed by atoms with Crippen molar-refractivity contribution in [3.8, 4) is 0 Å². The van der Waals surface area contributed by atoms with Gasteiger partial charge in [0.15, 0.2) is 0 Å². The lowest BCUT2D eigenvalue weighted by Crippen LogP contribution is -2.29. The molecule has 0 aliphatic carbocycles. The molecule has 0 saturated heterocycles. The number of nitrogens with zero attached hydrogens (tertiary/aromatic N) is 1. The second-order valence-electron chi connectivity index (χ2n) is 4.88. The smallest absolute Gasteiger partial charge is 0.251 e. The van der Waals surface area contributed by atoms with Crippen molar-refractivity contribution in [1.29, 1.82) is 0 Å². The van der Waals surface area contributed by atoms with Crippen LogP contribution in [0.25, 0.3) is 0 Å². The second-order valence-corrected chi connectivity index (χ2v) is 5.27. The van der Waals surface area contributed by atoms with E-state index in [0.717, 1.165) is 25.8 Å². The first-order valence-corrected chi connectivity index (χ1v) is 7.68. The van der Waals surface area contributed by atoms with Crippen molar-refractivity contribution in [2.45, 2.75) is 40.0 Å². The number of anilines is 1. The molecule has 4 nitrogen and oxygen atoms in total. The molecule has 5 heteroatoms. The minimum Gasteiger partial charge on any atom is -0.370 e. The third-order valence-electron chi connectivity index (χ3n) is 3.32. The first kappa shape index (κ1) is 16.8. The fourth-order valence-electron chi connectivity index (χ4n) is 1.89. The van der Waals surface area contributed by atoms with Gasteiger partial charge in [0.25, 0.3) is 5.91 Å². The van der Waals surface area contributed by atoms with Crippen molar-refractivity contribution in [3.63, 3.8) is 0 Å². The average molecular weight is 298 g/mol. The minimum atomic E-state index is -0.0965. The van der Waals surface area contributed by atoms with E-state index in [0.29, 0.717) is 29.0 Å². The van der Waals surface area contributed by atoms with E-state index in [2.05, 4.69) is 36.4 Å². The number of amides is 1. The van der Waals surface area contributed by atoms with E-state index >= 15 is 0 Å². The number of pyridine rings is 1. The SMILES string of the molecule is CCCNc1cc(C(=O)NCC(CC)CC)cc(Cl)n1. The van der Waals surface area contributed by atoms with Crippen molar-refractivity contribution >= 4 is 23.3 Å². The highest BCUT2D eigenvalue weighted by molar-refractivity contribution is 6.29. The predicted octanol–water partition coefficient (Wildman–Crippen LogP) is 3.72. The molecule has 112 valence electrons. The molecular formula is C15H24ClN3O. The van der Waals surface area contributed by atoms with Gasteiger partial charge >= 0.3 is 0 Å². The van der Waals surface area contributed by atoms with E-state index in [1.807, 2.05) is 0 Å². The Morgan fingerprint density at radius 1 is 1.30 bits per heavy atom. The first-order valence-electron chi connectivity index (χ1n) is 7.30. The molecule has 1 aromatic rings. The highest BCUT2D eigenvalue weighted by Crippen LogP contribution is 2.15. The van der Waals surface area contributed by atoms with Crippen LogP contribution in [-0.4, -0.2) is 24.0 Å². The maximum atomic E-state index is 12.1. The van der Waals surface area contributed by atoms with Crippen molar-refractivity contribution in [2.24, 2.45) is 5.92 Å². The number of halogens is 1. The lowest BCUT2D eigenvalue weighted by atomic mass is 10.0. The zero-order valence-corrected chi connectivity index (χ0v) is 13.3. The van der Waals surface area contributed by atoms with Gasteiger partial charge < -0.3 is 10.6 Å². The standard InChI is InChI=1S/C15H24ClN3O/c1-4-7-17-14-9-12(8-13(16)19-14)15(20)18-10-11(5-2)6-3/h8-9,11H,4-7,10H2,1-3H3,(H,17,19)(H,18,20). The molecule has 0 spiro atoms. The molecule has 0 bridgehead atoms. The van der Waals surface area contributed by atoms with Gasteiger partial charge in [-0.15, -0.1) is 0 Å². The fraction of sp³-hybridized carbons (Fsp3) is 0.600. The molecule has 0 radical (unpaired) electrons. The van der Waals surface area contributed by atoms with E-state index < -0.39 is 0 Å². The molecule has 0 aromatic carbocycles. The maximum absolute atomic E-state index is 12.1. The summed E-state index contributed by atoms with van der Waals surface area (Å²) in [6.07, 6.45) is 3.12. The van der Waals surface area contributed by atoms with Crippen molar-refractivity contribution in [1.82, 2.24) is 10.3 Å². The number of carbonyl (C=O) groups is 1. The summed E-state index contributed by atoms with van der Waals surface area (Å²) >= 11 is 5.96. The van der Waals surface area contributed by atoms with E-state index in [-0.39, 0.29) is 5.91 Å². The number of hydrogen-bond donors (Lipinski definition) is 2. The molecule has 0 unspecified atom stereocenters. The number of hydrogen-bond acceptors (Lipinski definition) is 3. The number of nitrogens with one attached hydrogen (secondary N) is 2. The van der Waals surface area contributed by atoms with Crippen LogP contribution in [0.3, 0.4) is 0 Å². The van der Waals surface area contributed by atoms with Crippen molar-refractivity contribution < 1.29 is 4.79 Å². The van der Waals surface area contributed by atoms with Gasteiger partial charge in [0.2, 0.25) is 0 Å². The summed E-state index contributed by atoms with van der Waals surface area (Å²) in [7, 11) is 0. The van der Waals surface area contributed by atoms with Crippen LogP contribution in [0.1, 0.15) is 50.4 Å². The summed E-state index contributed by atoms with van der Waals surface area (Å²) in [4.78, 5) is 16.3. The molecule has 2 N–H and O–H groups in total. The Morgan fingerprint density at radius 3 is 2.60 bits per heavy atom. The quantitative estimate of drug-likeness (QED) is 0.719. The Labute approximate surface area is 126 Å². The summed E-state index contributed by atoms with van der Waals surface area (Å²) in [5.41, 5.74) is 0.551. The second kappa shape index (κ2) is 8.80. The molecule has 0 saturated carbocycles. The largest absolute Gasteiger partial charge is 0.370 e. The summed E-state index contributed by atoms with van der Waals surface area (Å²) < 4.78 is 0. The van der Waals surface area contributed by atoms with E-state index in [1.165, 1.54) is 0 Å². The predicted molar refractivity (Wildman–Crippen MR) is 84.4 cm³/mol. The summed E-state index contributed by atoms with van der Waals surface area (Å²) in [5, 5.41) is 6.43. The van der Waals surface area contributed by atoms with Crippen LogP contribution in [0.5, 0.6) is 0 Å². The van der Waals surface area contributed by atoms with Crippen molar-refractivity contribution in [3.05, 3.63) is 22.8 Å². The topological polar surface area (TPSA) is 54.0 Å². The van der Waals surface area contributed by atoms with Gasteiger partial charge in [-0.3, -0.25) is 4.79 Å². The molecule has 1 rings (SSSR count). The van der Waals surface area contributed by atoms with Crippen LogP contribution in [0.15, 0.2) is 12.1 Å². The normalized spacial score (nSPS) is 10.7. The van der Waals surface area contributed by atoms with Crippen LogP contribution >= 0.6 is 11.6 Å². The van der Waals surface area contributed by atoms with Gasteiger partial charge in [0.05, 0.1) is 0 Å². The third-order valence-corrected chi connectivity index (χ3v) is 3.51. The minimum absolute atomic E-state index is 0.0965. The molecule has 1 heterocycles. The zero-order chi connectivity index (χ0) is 15.0. The molecule has 0 atom stereocenters. The average Bonchev–Trinajstić information content (AvgIpc) is 2.45. The van der Waals surface area contributed by atoms with Gasteiger partial charge in [0.1, 0.15) is 11.0 Å². The Balaban J connectivity index is 2.69. The van der Waals surface area contributed by atoms with Crippen LogP contribution in [-0.2, 0) is 0 Å². The molecule has 20 heavy (non-hydrogen) atoms.